The van der Waals surface area contributed by atoms with Gasteiger partial charge in [0.05, 0.1) is 22.2 Å². The van der Waals surface area contributed by atoms with Crippen molar-refractivity contribution in [2.24, 2.45) is 0 Å². The lowest BCUT2D eigenvalue weighted by atomic mass is 10.2. The van der Waals surface area contributed by atoms with Gasteiger partial charge in [-0.25, -0.2) is 12.8 Å². The van der Waals surface area contributed by atoms with Crippen molar-refractivity contribution in [3.8, 4) is 11.8 Å². The molecule has 0 aliphatic rings. The number of alkyl halides is 2. The highest BCUT2D eigenvalue weighted by Crippen LogP contribution is 2.24. The Morgan fingerprint density at radius 2 is 1.78 bits per heavy atom. The van der Waals surface area contributed by atoms with Gasteiger partial charge in [-0.1, -0.05) is 0 Å². The third kappa shape index (κ3) is 4.14. The van der Waals surface area contributed by atoms with Crippen LogP contribution in [0.3, 0.4) is 0 Å². The zero-order chi connectivity index (χ0) is 17.0. The Kier molecular flexibility index (Phi) is 4.76. The molecular weight excluding hydrogens is 333 g/mol. The number of halogens is 3. The average Bonchev–Trinajstić information content (AvgIpc) is 2.49. The fraction of sp³-hybridized carbons (Fsp3) is 0.0714. The van der Waals surface area contributed by atoms with Gasteiger partial charge in [0.1, 0.15) is 5.75 Å². The molecule has 1 N–H and O–H groups in total. The van der Waals surface area contributed by atoms with Crippen molar-refractivity contribution < 1.29 is 26.3 Å². The van der Waals surface area contributed by atoms with Crippen LogP contribution in [0.4, 0.5) is 18.9 Å². The fourth-order valence-corrected chi connectivity index (χ4v) is 2.73. The molecule has 2 aromatic carbocycles. The summed E-state index contributed by atoms with van der Waals surface area (Å²) >= 11 is 0. The molecule has 0 saturated carbocycles. The Morgan fingerprint density at radius 3 is 2.30 bits per heavy atom. The largest absolute Gasteiger partial charge is 0.435 e. The summed E-state index contributed by atoms with van der Waals surface area (Å²) in [7, 11) is -4.09. The van der Waals surface area contributed by atoms with Crippen molar-refractivity contribution in [1.29, 1.82) is 5.26 Å². The first-order valence-electron chi connectivity index (χ1n) is 6.09. The van der Waals surface area contributed by atoms with Gasteiger partial charge in [-0.2, -0.15) is 14.0 Å². The molecule has 0 fully saturated rings. The van der Waals surface area contributed by atoms with Crippen molar-refractivity contribution in [3.05, 3.63) is 53.8 Å². The Balaban J connectivity index is 2.24. The van der Waals surface area contributed by atoms with Crippen LogP contribution in [0, 0.1) is 17.1 Å². The lowest BCUT2D eigenvalue weighted by Crippen LogP contribution is -2.14. The first-order chi connectivity index (χ1) is 10.8. The van der Waals surface area contributed by atoms with Gasteiger partial charge in [0.25, 0.3) is 10.0 Å². The number of hydrogen-bond donors (Lipinski definition) is 1. The minimum atomic E-state index is -4.09. The summed E-state index contributed by atoms with van der Waals surface area (Å²) < 4.78 is 68.0. The molecule has 0 heterocycles. The van der Waals surface area contributed by atoms with Crippen LogP contribution in [0.15, 0.2) is 47.4 Å². The standard InChI is InChI=1S/C14H9F3N2O3S/c15-12-7-10(22-14(16)17)3-6-13(12)19-23(20,21)11-4-1-9(8-18)2-5-11/h1-7,14,19H. The first kappa shape index (κ1) is 16.6. The number of anilines is 1. The van der Waals surface area contributed by atoms with E-state index < -0.39 is 33.9 Å². The zero-order valence-electron chi connectivity index (χ0n) is 11.3. The number of ether oxygens (including phenoxy) is 1. The molecule has 0 aromatic heterocycles. The summed E-state index contributed by atoms with van der Waals surface area (Å²) in [5, 5.41) is 8.66. The zero-order valence-corrected chi connectivity index (χ0v) is 12.1. The molecular formula is C14H9F3N2O3S. The van der Waals surface area contributed by atoms with E-state index in [4.69, 9.17) is 5.26 Å². The Hall–Kier alpha value is -2.73. The van der Waals surface area contributed by atoms with Crippen LogP contribution < -0.4 is 9.46 Å². The van der Waals surface area contributed by atoms with Crippen LogP contribution in [0.25, 0.3) is 0 Å². The molecule has 120 valence electrons. The predicted molar refractivity (Wildman–Crippen MR) is 75.0 cm³/mol. The van der Waals surface area contributed by atoms with Gasteiger partial charge in [0.15, 0.2) is 5.82 Å². The highest BCUT2D eigenvalue weighted by Gasteiger charge is 2.17. The van der Waals surface area contributed by atoms with Crippen molar-refractivity contribution in [3.63, 3.8) is 0 Å². The summed E-state index contributed by atoms with van der Waals surface area (Å²) in [5.41, 5.74) is -0.153. The van der Waals surface area contributed by atoms with Gasteiger partial charge in [0.2, 0.25) is 0 Å². The second-order valence-electron chi connectivity index (χ2n) is 4.26. The van der Waals surface area contributed by atoms with E-state index >= 15 is 0 Å². The lowest BCUT2D eigenvalue weighted by Gasteiger charge is -2.10. The number of benzene rings is 2. The minimum absolute atomic E-state index is 0.177. The molecule has 0 aliphatic heterocycles. The number of nitrogens with one attached hydrogen (secondary N) is 1. The maximum absolute atomic E-state index is 13.8. The molecule has 0 bridgehead atoms. The SMILES string of the molecule is N#Cc1ccc(S(=O)(=O)Nc2ccc(OC(F)F)cc2F)cc1. The molecule has 0 saturated heterocycles. The summed E-state index contributed by atoms with van der Waals surface area (Å²) in [6, 6.07) is 9.42. The number of nitrogens with zero attached hydrogens (tertiary/aromatic N) is 1. The number of hydrogen-bond acceptors (Lipinski definition) is 4. The number of sulfonamides is 1. The van der Waals surface area contributed by atoms with Crippen LogP contribution in [-0.4, -0.2) is 15.0 Å². The number of nitriles is 1. The maximum Gasteiger partial charge on any atom is 0.387 e. The molecule has 0 radical (unpaired) electrons. The summed E-state index contributed by atoms with van der Waals surface area (Å²) in [4.78, 5) is -0.177. The van der Waals surface area contributed by atoms with Crippen LogP contribution in [0.5, 0.6) is 5.75 Å². The minimum Gasteiger partial charge on any atom is -0.435 e. The van der Waals surface area contributed by atoms with E-state index in [-0.39, 0.29) is 10.5 Å². The lowest BCUT2D eigenvalue weighted by molar-refractivity contribution is -0.0499. The molecule has 0 atom stereocenters. The van der Waals surface area contributed by atoms with E-state index in [1.54, 1.807) is 0 Å². The summed E-state index contributed by atoms with van der Waals surface area (Å²) in [6.07, 6.45) is 0. The molecule has 23 heavy (non-hydrogen) atoms. The van der Waals surface area contributed by atoms with Crippen molar-refractivity contribution >= 4 is 15.7 Å². The normalized spacial score (nSPS) is 11.1. The number of rotatable bonds is 5. The second-order valence-corrected chi connectivity index (χ2v) is 5.94. The molecule has 2 rings (SSSR count). The Labute approximate surface area is 130 Å². The molecule has 0 unspecified atom stereocenters. The van der Waals surface area contributed by atoms with Gasteiger partial charge < -0.3 is 4.74 Å². The third-order valence-corrected chi connectivity index (χ3v) is 4.09. The predicted octanol–water partition coefficient (Wildman–Crippen LogP) is 3.10. The molecule has 0 amide bonds. The van der Waals surface area contributed by atoms with Crippen molar-refractivity contribution in [2.75, 3.05) is 4.72 Å². The smallest absolute Gasteiger partial charge is 0.387 e. The Morgan fingerprint density at radius 1 is 1.13 bits per heavy atom. The van der Waals surface area contributed by atoms with Gasteiger partial charge in [-0.15, -0.1) is 0 Å². The maximum atomic E-state index is 13.8. The van der Waals surface area contributed by atoms with E-state index in [9.17, 15) is 21.6 Å². The second kappa shape index (κ2) is 6.58. The first-order valence-corrected chi connectivity index (χ1v) is 7.57. The quantitative estimate of drug-likeness (QED) is 0.905. The van der Waals surface area contributed by atoms with E-state index in [0.717, 1.165) is 12.1 Å². The Bertz CT molecular complexity index is 847. The summed E-state index contributed by atoms with van der Waals surface area (Å²) in [6.45, 7) is -3.12. The molecule has 0 spiro atoms. The molecule has 2 aromatic rings. The van der Waals surface area contributed by atoms with Gasteiger partial charge >= 0.3 is 6.61 Å². The van der Waals surface area contributed by atoms with E-state index in [1.165, 1.54) is 24.3 Å². The van der Waals surface area contributed by atoms with Crippen LogP contribution >= 0.6 is 0 Å². The fourth-order valence-electron chi connectivity index (χ4n) is 1.67. The van der Waals surface area contributed by atoms with Gasteiger partial charge in [0, 0.05) is 6.07 Å². The van der Waals surface area contributed by atoms with Crippen molar-refractivity contribution in [2.45, 2.75) is 11.5 Å². The van der Waals surface area contributed by atoms with E-state index in [0.29, 0.717) is 6.07 Å². The highest BCUT2D eigenvalue weighted by molar-refractivity contribution is 7.92. The monoisotopic (exact) mass is 342 g/mol. The topological polar surface area (TPSA) is 79.2 Å². The van der Waals surface area contributed by atoms with Crippen LogP contribution in [0.2, 0.25) is 0 Å². The van der Waals surface area contributed by atoms with Gasteiger partial charge in [-0.05, 0) is 36.4 Å². The van der Waals surface area contributed by atoms with Gasteiger partial charge in [-0.3, -0.25) is 4.72 Å². The van der Waals surface area contributed by atoms with E-state index in [2.05, 4.69) is 4.74 Å². The van der Waals surface area contributed by atoms with E-state index in [1.807, 2.05) is 10.8 Å². The van der Waals surface area contributed by atoms with Crippen LogP contribution in [0.1, 0.15) is 5.56 Å². The average molecular weight is 342 g/mol. The van der Waals surface area contributed by atoms with Crippen molar-refractivity contribution in [1.82, 2.24) is 0 Å². The molecule has 0 aliphatic carbocycles. The summed E-state index contributed by atoms with van der Waals surface area (Å²) in [5.74, 6) is -1.50. The molecule has 5 nitrogen and oxygen atoms in total. The third-order valence-electron chi connectivity index (χ3n) is 2.70. The van der Waals surface area contributed by atoms with Crippen LogP contribution in [-0.2, 0) is 10.0 Å². The highest BCUT2D eigenvalue weighted by atomic mass is 32.2. The molecule has 9 heteroatoms.